The number of thiol groups is 1. The number of benzene rings is 1. The first kappa shape index (κ1) is 9.87. The maximum Gasteiger partial charge on any atom is 0.126 e. The van der Waals surface area contributed by atoms with Crippen LogP contribution in [0.25, 0.3) is 0 Å². The Balaban J connectivity index is 2.41. The van der Waals surface area contributed by atoms with Crippen molar-refractivity contribution >= 4 is 12.6 Å². The van der Waals surface area contributed by atoms with E-state index in [1.807, 2.05) is 18.2 Å². The van der Waals surface area contributed by atoms with Crippen molar-refractivity contribution in [2.45, 2.75) is 29.8 Å². The van der Waals surface area contributed by atoms with Crippen molar-refractivity contribution in [1.82, 2.24) is 0 Å². The van der Waals surface area contributed by atoms with E-state index in [2.05, 4.69) is 12.6 Å². The van der Waals surface area contributed by atoms with Crippen LogP contribution in [0.4, 0.5) is 0 Å². The molecule has 3 heteroatoms. The fraction of sp³-hybridized carbons (Fsp3) is 0.455. The van der Waals surface area contributed by atoms with Gasteiger partial charge in [0.15, 0.2) is 0 Å². The van der Waals surface area contributed by atoms with Crippen LogP contribution < -0.4 is 4.74 Å². The Labute approximate surface area is 89.3 Å². The van der Waals surface area contributed by atoms with Crippen molar-refractivity contribution in [1.29, 1.82) is 0 Å². The van der Waals surface area contributed by atoms with E-state index >= 15 is 0 Å². The molecule has 1 aliphatic carbocycles. The van der Waals surface area contributed by atoms with Gasteiger partial charge >= 0.3 is 0 Å². The summed E-state index contributed by atoms with van der Waals surface area (Å²) in [7, 11) is 1.62. The van der Waals surface area contributed by atoms with E-state index < -0.39 is 5.60 Å². The predicted molar refractivity (Wildman–Crippen MR) is 58.0 cm³/mol. The lowest BCUT2D eigenvalue weighted by molar-refractivity contribution is -0.0405. The number of aliphatic hydroxyl groups is 1. The minimum Gasteiger partial charge on any atom is -0.496 e. The molecule has 0 heterocycles. The molecule has 1 fully saturated rings. The van der Waals surface area contributed by atoms with Crippen molar-refractivity contribution in [2.75, 3.05) is 7.11 Å². The normalized spacial score (nSPS) is 18.8. The molecule has 0 spiro atoms. The second-order valence-corrected chi connectivity index (χ2v) is 4.29. The van der Waals surface area contributed by atoms with Crippen molar-refractivity contribution in [3.05, 3.63) is 23.8 Å². The standard InChI is InChI=1S/C11H14O2S/c1-13-10-7-8(14)3-4-9(10)11(12)5-2-6-11/h3-4,7,12,14H,2,5-6H2,1H3. The van der Waals surface area contributed by atoms with Gasteiger partial charge in [0.05, 0.1) is 12.7 Å². The van der Waals surface area contributed by atoms with Crippen LogP contribution in [0.2, 0.25) is 0 Å². The SMILES string of the molecule is COc1cc(S)ccc1C1(O)CCC1. The van der Waals surface area contributed by atoms with Gasteiger partial charge < -0.3 is 9.84 Å². The summed E-state index contributed by atoms with van der Waals surface area (Å²) in [4.78, 5) is 0.855. The molecule has 76 valence electrons. The van der Waals surface area contributed by atoms with E-state index in [-0.39, 0.29) is 0 Å². The molecule has 1 aliphatic rings. The molecule has 0 atom stereocenters. The lowest BCUT2D eigenvalue weighted by atomic mass is 9.75. The fourth-order valence-electron chi connectivity index (χ4n) is 1.85. The van der Waals surface area contributed by atoms with E-state index in [4.69, 9.17) is 4.74 Å². The number of methoxy groups -OCH3 is 1. The highest BCUT2D eigenvalue weighted by Crippen LogP contribution is 2.45. The van der Waals surface area contributed by atoms with Crippen LogP contribution in [-0.2, 0) is 5.60 Å². The molecule has 1 saturated carbocycles. The Bertz CT molecular complexity index is 345. The lowest BCUT2D eigenvalue weighted by Gasteiger charge is -2.37. The molecule has 0 amide bonds. The van der Waals surface area contributed by atoms with E-state index in [9.17, 15) is 5.11 Å². The smallest absolute Gasteiger partial charge is 0.126 e. The fourth-order valence-corrected chi connectivity index (χ4v) is 2.04. The Morgan fingerprint density at radius 1 is 1.43 bits per heavy atom. The van der Waals surface area contributed by atoms with Crippen LogP contribution in [0.3, 0.4) is 0 Å². The van der Waals surface area contributed by atoms with Crippen molar-refractivity contribution in [3.8, 4) is 5.75 Å². The van der Waals surface area contributed by atoms with Crippen LogP contribution in [-0.4, -0.2) is 12.2 Å². The molecule has 2 nitrogen and oxygen atoms in total. The average Bonchev–Trinajstić information content (AvgIpc) is 2.14. The molecule has 0 unspecified atom stereocenters. The maximum absolute atomic E-state index is 10.2. The monoisotopic (exact) mass is 210 g/mol. The largest absolute Gasteiger partial charge is 0.496 e. The molecule has 0 saturated heterocycles. The van der Waals surface area contributed by atoms with E-state index in [0.29, 0.717) is 0 Å². The van der Waals surface area contributed by atoms with E-state index in [1.165, 1.54) is 0 Å². The van der Waals surface area contributed by atoms with Gasteiger partial charge in [-0.05, 0) is 31.4 Å². The van der Waals surface area contributed by atoms with Gasteiger partial charge in [-0.1, -0.05) is 6.07 Å². The Hall–Kier alpha value is -0.670. The zero-order chi connectivity index (χ0) is 10.2. The van der Waals surface area contributed by atoms with Gasteiger partial charge in [-0.25, -0.2) is 0 Å². The summed E-state index contributed by atoms with van der Waals surface area (Å²) in [6.45, 7) is 0. The van der Waals surface area contributed by atoms with Gasteiger partial charge in [-0.15, -0.1) is 12.6 Å². The Morgan fingerprint density at radius 3 is 2.64 bits per heavy atom. The highest BCUT2D eigenvalue weighted by atomic mass is 32.1. The maximum atomic E-state index is 10.2. The summed E-state index contributed by atoms with van der Waals surface area (Å²) in [6.07, 6.45) is 2.74. The molecule has 1 aromatic rings. The third-order valence-corrected chi connectivity index (χ3v) is 3.15. The average molecular weight is 210 g/mol. The van der Waals surface area contributed by atoms with Gasteiger partial charge in [0, 0.05) is 10.5 Å². The summed E-state index contributed by atoms with van der Waals surface area (Å²) in [5.41, 5.74) is 0.233. The number of hydrogen-bond acceptors (Lipinski definition) is 3. The molecule has 1 N–H and O–H groups in total. The van der Waals surface area contributed by atoms with E-state index in [0.717, 1.165) is 35.5 Å². The highest BCUT2D eigenvalue weighted by molar-refractivity contribution is 7.80. The van der Waals surface area contributed by atoms with Gasteiger partial charge in [-0.2, -0.15) is 0 Å². The summed E-state index contributed by atoms with van der Waals surface area (Å²) in [6, 6.07) is 5.63. The van der Waals surface area contributed by atoms with E-state index in [1.54, 1.807) is 7.11 Å². The minimum absolute atomic E-state index is 0.660. The molecule has 1 aromatic carbocycles. The molecule has 0 aliphatic heterocycles. The number of hydrogen-bond donors (Lipinski definition) is 2. The molecule has 2 rings (SSSR count). The summed E-state index contributed by atoms with van der Waals surface area (Å²) in [5, 5.41) is 10.2. The third kappa shape index (κ3) is 1.51. The minimum atomic E-state index is -0.660. The predicted octanol–water partition coefficient (Wildman–Crippen LogP) is 2.36. The second-order valence-electron chi connectivity index (χ2n) is 3.77. The quantitative estimate of drug-likeness (QED) is 0.734. The Kier molecular flexibility index (Phi) is 2.45. The zero-order valence-corrected chi connectivity index (χ0v) is 9.05. The number of rotatable bonds is 2. The van der Waals surface area contributed by atoms with Gasteiger partial charge in [0.2, 0.25) is 0 Å². The molecule has 0 aromatic heterocycles. The summed E-state index contributed by atoms with van der Waals surface area (Å²) < 4.78 is 5.24. The Morgan fingerprint density at radius 2 is 2.14 bits per heavy atom. The van der Waals surface area contributed by atoms with Gasteiger partial charge in [0.1, 0.15) is 5.75 Å². The first-order chi connectivity index (χ1) is 6.65. The molecule has 14 heavy (non-hydrogen) atoms. The topological polar surface area (TPSA) is 29.5 Å². The molecule has 0 radical (unpaired) electrons. The van der Waals surface area contributed by atoms with Gasteiger partial charge in [0.25, 0.3) is 0 Å². The first-order valence-electron chi connectivity index (χ1n) is 4.75. The number of ether oxygens (including phenoxy) is 1. The summed E-state index contributed by atoms with van der Waals surface area (Å²) in [5.74, 6) is 0.736. The second kappa shape index (κ2) is 3.48. The zero-order valence-electron chi connectivity index (χ0n) is 8.16. The van der Waals surface area contributed by atoms with Gasteiger partial charge in [-0.3, -0.25) is 0 Å². The molecular formula is C11H14O2S. The first-order valence-corrected chi connectivity index (χ1v) is 5.20. The van der Waals surface area contributed by atoms with Crippen molar-refractivity contribution in [3.63, 3.8) is 0 Å². The lowest BCUT2D eigenvalue weighted by Crippen LogP contribution is -2.33. The van der Waals surface area contributed by atoms with Crippen LogP contribution in [0, 0.1) is 0 Å². The molecule has 0 bridgehead atoms. The van der Waals surface area contributed by atoms with Crippen LogP contribution in [0.5, 0.6) is 5.75 Å². The van der Waals surface area contributed by atoms with Crippen molar-refractivity contribution < 1.29 is 9.84 Å². The summed E-state index contributed by atoms with van der Waals surface area (Å²) >= 11 is 4.24. The van der Waals surface area contributed by atoms with Crippen LogP contribution in [0.1, 0.15) is 24.8 Å². The van der Waals surface area contributed by atoms with Crippen molar-refractivity contribution in [2.24, 2.45) is 0 Å². The highest BCUT2D eigenvalue weighted by Gasteiger charge is 2.38. The van der Waals surface area contributed by atoms with Crippen LogP contribution >= 0.6 is 12.6 Å². The molecular weight excluding hydrogens is 196 g/mol. The third-order valence-electron chi connectivity index (χ3n) is 2.87. The van der Waals surface area contributed by atoms with Crippen LogP contribution in [0.15, 0.2) is 23.1 Å².